The van der Waals surface area contributed by atoms with Crippen molar-refractivity contribution in [2.45, 2.75) is 39.7 Å². The van der Waals surface area contributed by atoms with Crippen LogP contribution in [0.4, 0.5) is 0 Å². The Morgan fingerprint density at radius 2 is 1.56 bits per heavy atom. The molecule has 0 radical (unpaired) electrons. The maximum absolute atomic E-state index is 12.0. The summed E-state index contributed by atoms with van der Waals surface area (Å²) in [7, 11) is 0. The lowest BCUT2D eigenvalue weighted by Gasteiger charge is -2.24. The van der Waals surface area contributed by atoms with Gasteiger partial charge in [0.05, 0.1) is 18.9 Å². The number of benzene rings is 2. The summed E-state index contributed by atoms with van der Waals surface area (Å²) in [4.78, 5) is 24.8. The summed E-state index contributed by atoms with van der Waals surface area (Å²) in [6, 6.07) is 15.1. The summed E-state index contributed by atoms with van der Waals surface area (Å²) in [5, 5.41) is 0. The number of hydrogen-bond donors (Lipinski definition) is 0. The highest BCUT2D eigenvalue weighted by molar-refractivity contribution is 5.79. The fraction of sp³-hybridized carbons (Fsp3) is 0.286. The molecule has 0 N–H and O–H groups in total. The SMILES string of the molecule is CCOC(=O)C(C)(C)Oc1ccc(OCCc2nc(-c3ccc(-c4cncnc4)cc3)oc2C)cc1. The number of carbonyl (C=O) groups excluding carboxylic acids is 1. The Hall–Kier alpha value is -4.20. The summed E-state index contributed by atoms with van der Waals surface area (Å²) in [6.07, 6.45) is 5.67. The molecule has 0 spiro atoms. The van der Waals surface area contributed by atoms with E-state index in [1.165, 1.54) is 6.33 Å². The topological polar surface area (TPSA) is 96.6 Å². The van der Waals surface area contributed by atoms with Crippen molar-refractivity contribution in [1.82, 2.24) is 15.0 Å². The second kappa shape index (κ2) is 11.0. The van der Waals surface area contributed by atoms with Crippen molar-refractivity contribution in [2.24, 2.45) is 0 Å². The molecule has 2 aromatic carbocycles. The molecule has 0 aliphatic heterocycles. The van der Waals surface area contributed by atoms with Gasteiger partial charge in [0, 0.05) is 29.9 Å². The van der Waals surface area contributed by atoms with Crippen LogP contribution >= 0.6 is 0 Å². The van der Waals surface area contributed by atoms with E-state index in [1.54, 1.807) is 57.4 Å². The third-order valence-corrected chi connectivity index (χ3v) is 5.49. The first kappa shape index (κ1) is 24.9. The van der Waals surface area contributed by atoms with Gasteiger partial charge in [-0.05, 0) is 69.7 Å². The molecule has 2 heterocycles. The van der Waals surface area contributed by atoms with Gasteiger partial charge in [-0.3, -0.25) is 0 Å². The smallest absolute Gasteiger partial charge is 0.349 e. The van der Waals surface area contributed by atoms with Crippen LogP contribution in [0.25, 0.3) is 22.6 Å². The lowest BCUT2D eigenvalue weighted by molar-refractivity contribution is -0.158. The molecule has 0 aliphatic carbocycles. The van der Waals surface area contributed by atoms with Crippen molar-refractivity contribution in [3.8, 4) is 34.1 Å². The van der Waals surface area contributed by atoms with Gasteiger partial charge in [-0.25, -0.2) is 19.7 Å². The largest absolute Gasteiger partial charge is 0.493 e. The van der Waals surface area contributed by atoms with Gasteiger partial charge in [-0.15, -0.1) is 0 Å². The molecule has 2 aromatic heterocycles. The number of aromatic nitrogens is 3. The van der Waals surface area contributed by atoms with Crippen LogP contribution < -0.4 is 9.47 Å². The standard InChI is InChI=1S/C28H29N3O5/c1-5-33-27(32)28(3,4)36-24-12-10-23(11-13-24)34-15-14-25-19(2)35-26(31-25)21-8-6-20(7-9-21)22-16-29-18-30-17-22/h6-13,16-18H,5,14-15H2,1-4H3. The number of oxazole rings is 1. The molecule has 0 bridgehead atoms. The molecule has 8 nitrogen and oxygen atoms in total. The number of ether oxygens (including phenoxy) is 3. The third kappa shape index (κ3) is 6.07. The Kier molecular flexibility index (Phi) is 7.63. The fourth-order valence-corrected chi connectivity index (χ4v) is 3.55. The van der Waals surface area contributed by atoms with E-state index in [-0.39, 0.29) is 0 Å². The highest BCUT2D eigenvalue weighted by Crippen LogP contribution is 2.26. The third-order valence-electron chi connectivity index (χ3n) is 5.49. The van der Waals surface area contributed by atoms with Gasteiger partial charge in [0.25, 0.3) is 0 Å². The minimum atomic E-state index is -1.07. The summed E-state index contributed by atoms with van der Waals surface area (Å²) in [5.74, 6) is 2.18. The minimum absolute atomic E-state index is 0.307. The summed E-state index contributed by atoms with van der Waals surface area (Å²) in [6.45, 7) is 7.77. The van der Waals surface area contributed by atoms with Crippen LogP contribution in [0.5, 0.6) is 11.5 Å². The molecule has 8 heteroatoms. The van der Waals surface area contributed by atoms with Crippen LogP contribution in [-0.4, -0.2) is 39.7 Å². The predicted molar refractivity (Wildman–Crippen MR) is 135 cm³/mol. The molecular formula is C28H29N3O5. The average Bonchev–Trinajstić information content (AvgIpc) is 3.26. The van der Waals surface area contributed by atoms with Crippen molar-refractivity contribution < 1.29 is 23.4 Å². The first-order valence-electron chi connectivity index (χ1n) is 11.8. The van der Waals surface area contributed by atoms with Crippen molar-refractivity contribution in [3.05, 3.63) is 78.7 Å². The van der Waals surface area contributed by atoms with E-state index >= 15 is 0 Å². The zero-order chi connectivity index (χ0) is 25.5. The van der Waals surface area contributed by atoms with Gasteiger partial charge >= 0.3 is 5.97 Å². The Morgan fingerprint density at radius 1 is 0.917 bits per heavy atom. The van der Waals surface area contributed by atoms with Crippen LogP contribution in [0.3, 0.4) is 0 Å². The lowest BCUT2D eigenvalue weighted by Crippen LogP contribution is -2.39. The molecule has 4 aromatic rings. The molecule has 0 amide bonds. The van der Waals surface area contributed by atoms with Crippen LogP contribution in [0.15, 0.2) is 71.7 Å². The lowest BCUT2D eigenvalue weighted by atomic mass is 10.1. The van der Waals surface area contributed by atoms with Crippen LogP contribution in [0.2, 0.25) is 0 Å². The number of carbonyl (C=O) groups is 1. The molecular weight excluding hydrogens is 458 g/mol. The van der Waals surface area contributed by atoms with Gasteiger partial charge in [-0.1, -0.05) is 12.1 Å². The van der Waals surface area contributed by atoms with Crippen molar-refractivity contribution in [1.29, 1.82) is 0 Å². The Morgan fingerprint density at radius 3 is 2.22 bits per heavy atom. The average molecular weight is 488 g/mol. The quantitative estimate of drug-likeness (QED) is 0.273. The van der Waals surface area contributed by atoms with Gasteiger partial charge < -0.3 is 18.6 Å². The van der Waals surface area contributed by atoms with Crippen LogP contribution in [-0.2, 0) is 16.0 Å². The zero-order valence-corrected chi connectivity index (χ0v) is 20.9. The maximum Gasteiger partial charge on any atom is 0.349 e. The number of aryl methyl sites for hydroxylation is 1. The Balaban J connectivity index is 1.32. The maximum atomic E-state index is 12.0. The van der Waals surface area contributed by atoms with E-state index in [9.17, 15) is 4.79 Å². The molecule has 0 fully saturated rings. The van der Waals surface area contributed by atoms with E-state index in [0.29, 0.717) is 37.0 Å². The fourth-order valence-electron chi connectivity index (χ4n) is 3.55. The second-order valence-electron chi connectivity index (χ2n) is 8.63. The van der Waals surface area contributed by atoms with E-state index < -0.39 is 11.6 Å². The normalized spacial score (nSPS) is 11.2. The minimum Gasteiger partial charge on any atom is -0.493 e. The van der Waals surface area contributed by atoms with Crippen molar-refractivity contribution in [3.63, 3.8) is 0 Å². The van der Waals surface area contributed by atoms with Crippen molar-refractivity contribution >= 4 is 5.97 Å². The summed E-state index contributed by atoms with van der Waals surface area (Å²) in [5.41, 5.74) is 2.65. The Labute approximate surface area is 210 Å². The highest BCUT2D eigenvalue weighted by atomic mass is 16.6. The summed E-state index contributed by atoms with van der Waals surface area (Å²) < 4.78 is 22.6. The van der Waals surface area contributed by atoms with Gasteiger partial charge in [0.2, 0.25) is 5.89 Å². The van der Waals surface area contributed by atoms with E-state index in [1.807, 2.05) is 31.2 Å². The molecule has 186 valence electrons. The first-order valence-corrected chi connectivity index (χ1v) is 11.8. The molecule has 0 unspecified atom stereocenters. The van der Waals surface area contributed by atoms with Crippen LogP contribution in [0, 0.1) is 6.92 Å². The predicted octanol–water partition coefficient (Wildman–Crippen LogP) is 5.45. The molecule has 0 saturated carbocycles. The van der Waals surface area contributed by atoms with Gasteiger partial charge in [0.1, 0.15) is 23.6 Å². The number of hydrogen-bond acceptors (Lipinski definition) is 8. The number of nitrogens with zero attached hydrogens (tertiary/aromatic N) is 3. The molecule has 36 heavy (non-hydrogen) atoms. The molecule has 0 aliphatic rings. The monoisotopic (exact) mass is 487 g/mol. The highest BCUT2D eigenvalue weighted by Gasteiger charge is 2.31. The molecule has 0 atom stereocenters. The summed E-state index contributed by atoms with van der Waals surface area (Å²) >= 11 is 0. The first-order chi connectivity index (χ1) is 17.4. The number of rotatable bonds is 10. The molecule has 0 saturated heterocycles. The molecule has 4 rings (SSSR count). The van der Waals surface area contributed by atoms with Gasteiger partial charge in [0.15, 0.2) is 5.60 Å². The van der Waals surface area contributed by atoms with Crippen LogP contribution in [0.1, 0.15) is 32.2 Å². The van der Waals surface area contributed by atoms with Gasteiger partial charge in [-0.2, -0.15) is 0 Å². The zero-order valence-electron chi connectivity index (χ0n) is 20.9. The van der Waals surface area contributed by atoms with E-state index in [4.69, 9.17) is 18.6 Å². The Bertz CT molecular complexity index is 1280. The second-order valence-corrected chi connectivity index (χ2v) is 8.63. The number of esters is 1. The van der Waals surface area contributed by atoms with E-state index in [2.05, 4.69) is 15.0 Å². The van der Waals surface area contributed by atoms with E-state index in [0.717, 1.165) is 28.1 Å². The van der Waals surface area contributed by atoms with Crippen molar-refractivity contribution in [2.75, 3.05) is 13.2 Å².